The van der Waals surface area contributed by atoms with Crippen molar-refractivity contribution < 1.29 is 9.53 Å². The van der Waals surface area contributed by atoms with Gasteiger partial charge in [0.1, 0.15) is 5.69 Å². The number of hydrogen-bond donors (Lipinski definition) is 1. The molecule has 4 nitrogen and oxygen atoms in total. The van der Waals surface area contributed by atoms with E-state index in [-0.39, 0.29) is 17.9 Å². The van der Waals surface area contributed by atoms with Crippen LogP contribution in [0.5, 0.6) is 0 Å². The predicted molar refractivity (Wildman–Crippen MR) is 137 cm³/mol. The average molecular weight is 453 g/mol. The van der Waals surface area contributed by atoms with Crippen LogP contribution in [0.4, 0.5) is 0 Å². The zero-order valence-corrected chi connectivity index (χ0v) is 19.9. The zero-order chi connectivity index (χ0) is 23.5. The van der Waals surface area contributed by atoms with Gasteiger partial charge in [-0.1, -0.05) is 78.9 Å². The van der Waals surface area contributed by atoms with Gasteiger partial charge in [-0.15, -0.1) is 0 Å². The Balaban J connectivity index is 1.83. The van der Waals surface area contributed by atoms with Gasteiger partial charge >= 0.3 is 5.97 Å². The molecule has 2 unspecified atom stereocenters. The van der Waals surface area contributed by atoms with Crippen LogP contribution in [-0.2, 0) is 4.74 Å². The lowest BCUT2D eigenvalue weighted by Crippen LogP contribution is -2.32. The Hall–Kier alpha value is -3.37. The molecule has 34 heavy (non-hydrogen) atoms. The molecule has 1 saturated heterocycles. The van der Waals surface area contributed by atoms with E-state index in [2.05, 4.69) is 89.6 Å². The normalized spacial score (nSPS) is 16.7. The van der Waals surface area contributed by atoms with Gasteiger partial charge in [-0.25, -0.2) is 4.79 Å². The molecule has 4 aromatic rings. The van der Waals surface area contributed by atoms with Crippen molar-refractivity contribution in [1.29, 1.82) is 0 Å². The number of nitrogens with one attached hydrogen (secondary N) is 1. The van der Waals surface area contributed by atoms with Crippen molar-refractivity contribution in [2.45, 2.75) is 44.7 Å². The first-order chi connectivity index (χ1) is 16.7. The lowest BCUT2D eigenvalue weighted by Gasteiger charge is -2.25. The molecule has 0 amide bonds. The number of esters is 1. The van der Waals surface area contributed by atoms with Gasteiger partial charge in [0, 0.05) is 34.5 Å². The molecule has 3 aromatic carbocycles. The van der Waals surface area contributed by atoms with E-state index in [0.717, 1.165) is 47.0 Å². The molecule has 1 aliphatic heterocycles. The molecule has 0 aliphatic carbocycles. The van der Waals surface area contributed by atoms with Crippen molar-refractivity contribution in [2.24, 2.45) is 0 Å². The standard InChI is InChI=1S/C30H32N2O2/c1-3-34-30(33)29-28(27(22-13-6-4-7-14-22)23-15-8-5-9-16-23)24-17-10-11-19-26(24)32(29)21(2)25-18-12-20-31-25/h4-11,13-17,19,21,25,27,31H,3,12,18,20H2,1-2H3. The SMILES string of the molecule is CCOC(=O)c1c(C(c2ccccc2)c2ccccc2)c2ccccc2n1C(C)C1CCCN1. The Kier molecular flexibility index (Phi) is 6.50. The molecular weight excluding hydrogens is 420 g/mol. The Morgan fingerprint density at radius 2 is 1.59 bits per heavy atom. The van der Waals surface area contributed by atoms with Crippen molar-refractivity contribution >= 4 is 16.9 Å². The summed E-state index contributed by atoms with van der Waals surface area (Å²) < 4.78 is 7.93. The molecule has 1 N–H and O–H groups in total. The van der Waals surface area contributed by atoms with Gasteiger partial charge in [0.15, 0.2) is 0 Å². The molecular formula is C30H32N2O2. The van der Waals surface area contributed by atoms with Crippen LogP contribution in [0.15, 0.2) is 84.9 Å². The molecule has 0 bridgehead atoms. The summed E-state index contributed by atoms with van der Waals surface area (Å²) in [5.74, 6) is -0.341. The lowest BCUT2D eigenvalue weighted by molar-refractivity contribution is 0.0510. The monoisotopic (exact) mass is 452 g/mol. The van der Waals surface area contributed by atoms with E-state index < -0.39 is 0 Å². The minimum atomic E-state index is -0.254. The number of benzene rings is 3. The van der Waals surface area contributed by atoms with Crippen LogP contribution in [0, 0.1) is 0 Å². The number of fused-ring (bicyclic) bond motifs is 1. The Morgan fingerprint density at radius 3 is 2.18 bits per heavy atom. The highest BCUT2D eigenvalue weighted by molar-refractivity contribution is 6.00. The molecule has 174 valence electrons. The maximum absolute atomic E-state index is 13.7. The average Bonchev–Trinajstić information content (AvgIpc) is 3.53. The van der Waals surface area contributed by atoms with Gasteiger partial charge in [0.05, 0.1) is 6.61 Å². The van der Waals surface area contributed by atoms with Gasteiger partial charge in [-0.05, 0) is 50.4 Å². The lowest BCUT2D eigenvalue weighted by atomic mass is 9.83. The molecule has 0 radical (unpaired) electrons. The number of nitrogens with zero attached hydrogens (tertiary/aromatic N) is 1. The Morgan fingerprint density at radius 1 is 0.971 bits per heavy atom. The van der Waals surface area contributed by atoms with Gasteiger partial charge in [0.25, 0.3) is 0 Å². The molecule has 1 fully saturated rings. The van der Waals surface area contributed by atoms with Crippen molar-refractivity contribution in [2.75, 3.05) is 13.2 Å². The van der Waals surface area contributed by atoms with E-state index in [9.17, 15) is 4.79 Å². The molecule has 5 rings (SSSR count). The van der Waals surface area contributed by atoms with Crippen LogP contribution in [0.2, 0.25) is 0 Å². The third kappa shape index (κ3) is 4.03. The van der Waals surface area contributed by atoms with Crippen molar-refractivity contribution in [3.05, 3.63) is 107 Å². The molecule has 0 spiro atoms. The van der Waals surface area contributed by atoms with Gasteiger partial charge in [-0.3, -0.25) is 0 Å². The summed E-state index contributed by atoms with van der Waals surface area (Å²) in [6, 6.07) is 29.8. The first-order valence-electron chi connectivity index (χ1n) is 12.3. The van der Waals surface area contributed by atoms with Gasteiger partial charge in [0.2, 0.25) is 0 Å². The first kappa shape index (κ1) is 22.4. The quantitative estimate of drug-likeness (QED) is 0.334. The van der Waals surface area contributed by atoms with E-state index in [1.807, 2.05) is 19.1 Å². The number of rotatable bonds is 7. The molecule has 1 aliphatic rings. The number of carbonyl (C=O) groups excluding carboxylic acids is 1. The molecule has 4 heteroatoms. The van der Waals surface area contributed by atoms with E-state index in [4.69, 9.17) is 4.74 Å². The van der Waals surface area contributed by atoms with Crippen molar-refractivity contribution in [1.82, 2.24) is 9.88 Å². The highest BCUT2D eigenvalue weighted by atomic mass is 16.5. The second-order valence-electron chi connectivity index (χ2n) is 9.07. The summed E-state index contributed by atoms with van der Waals surface area (Å²) in [5.41, 5.74) is 5.10. The van der Waals surface area contributed by atoms with E-state index in [0.29, 0.717) is 18.3 Å². The smallest absolute Gasteiger partial charge is 0.355 e. The van der Waals surface area contributed by atoms with Crippen molar-refractivity contribution in [3.8, 4) is 0 Å². The second kappa shape index (κ2) is 9.86. The van der Waals surface area contributed by atoms with Crippen LogP contribution in [0.1, 0.15) is 65.8 Å². The van der Waals surface area contributed by atoms with E-state index in [1.165, 1.54) is 0 Å². The Bertz CT molecular complexity index is 1220. The summed E-state index contributed by atoms with van der Waals surface area (Å²) in [5, 5.41) is 4.75. The number of hydrogen-bond acceptors (Lipinski definition) is 3. The highest BCUT2D eigenvalue weighted by Gasteiger charge is 2.34. The molecule has 2 heterocycles. The van der Waals surface area contributed by atoms with Crippen LogP contribution < -0.4 is 5.32 Å². The minimum absolute atomic E-state index is 0.0864. The van der Waals surface area contributed by atoms with Gasteiger partial charge in [-0.2, -0.15) is 0 Å². The number of ether oxygens (including phenoxy) is 1. The van der Waals surface area contributed by atoms with Crippen LogP contribution in [0.3, 0.4) is 0 Å². The zero-order valence-electron chi connectivity index (χ0n) is 19.9. The summed E-state index contributed by atoms with van der Waals surface area (Å²) >= 11 is 0. The van der Waals surface area contributed by atoms with Crippen molar-refractivity contribution in [3.63, 3.8) is 0 Å². The fourth-order valence-corrected chi connectivity index (χ4v) is 5.53. The van der Waals surface area contributed by atoms with E-state index >= 15 is 0 Å². The number of para-hydroxylation sites is 1. The van der Waals surface area contributed by atoms with E-state index in [1.54, 1.807) is 0 Å². The summed E-state index contributed by atoms with van der Waals surface area (Å²) in [4.78, 5) is 13.7. The van der Waals surface area contributed by atoms with Crippen LogP contribution in [0.25, 0.3) is 10.9 Å². The fraction of sp³-hybridized carbons (Fsp3) is 0.300. The second-order valence-corrected chi connectivity index (χ2v) is 9.07. The maximum atomic E-state index is 13.7. The fourth-order valence-electron chi connectivity index (χ4n) is 5.53. The van der Waals surface area contributed by atoms with Crippen LogP contribution >= 0.6 is 0 Å². The summed E-state index contributed by atoms with van der Waals surface area (Å²) in [7, 11) is 0. The summed E-state index contributed by atoms with van der Waals surface area (Å²) in [6.07, 6.45) is 2.26. The van der Waals surface area contributed by atoms with Gasteiger partial charge < -0.3 is 14.6 Å². The highest BCUT2D eigenvalue weighted by Crippen LogP contribution is 2.42. The maximum Gasteiger partial charge on any atom is 0.355 e. The first-order valence-corrected chi connectivity index (χ1v) is 12.3. The number of aromatic nitrogens is 1. The predicted octanol–water partition coefficient (Wildman–Crippen LogP) is 6.31. The van der Waals surface area contributed by atoms with Crippen LogP contribution in [-0.4, -0.2) is 29.7 Å². The molecule has 2 atom stereocenters. The topological polar surface area (TPSA) is 43.3 Å². The minimum Gasteiger partial charge on any atom is -0.461 e. The third-order valence-electron chi connectivity index (χ3n) is 7.06. The third-order valence-corrected chi connectivity index (χ3v) is 7.06. The molecule has 1 aromatic heterocycles. The summed E-state index contributed by atoms with van der Waals surface area (Å²) in [6.45, 7) is 5.46. The largest absolute Gasteiger partial charge is 0.461 e. The molecule has 0 saturated carbocycles. The number of carbonyl (C=O) groups is 1. The Labute approximate surface area is 201 Å².